The number of halogens is 1. The summed E-state index contributed by atoms with van der Waals surface area (Å²) in [5, 5.41) is 0.633. The fourth-order valence-corrected chi connectivity index (χ4v) is 2.42. The Morgan fingerprint density at radius 3 is 2.45 bits per heavy atom. The molecule has 2 aromatic rings. The molecule has 0 radical (unpaired) electrons. The van der Waals surface area contributed by atoms with E-state index in [2.05, 4.69) is 4.99 Å². The molecular formula is C16H14ClN2O+. The van der Waals surface area contributed by atoms with Crippen molar-refractivity contribution in [2.75, 3.05) is 13.1 Å². The lowest BCUT2D eigenvalue weighted by atomic mass is 10.1. The van der Waals surface area contributed by atoms with Gasteiger partial charge in [-0.15, -0.1) is 0 Å². The molecule has 1 aliphatic rings. The lowest BCUT2D eigenvalue weighted by molar-refractivity contribution is -0.444. The van der Waals surface area contributed by atoms with Crippen LogP contribution in [0.2, 0.25) is 5.02 Å². The minimum Gasteiger partial charge on any atom is -0.270 e. The van der Waals surface area contributed by atoms with Crippen LogP contribution in [-0.2, 0) is 0 Å². The van der Waals surface area contributed by atoms with Crippen LogP contribution in [0.15, 0.2) is 54.6 Å². The average molecular weight is 286 g/mol. The maximum atomic E-state index is 12.6. The summed E-state index contributed by atoms with van der Waals surface area (Å²) >= 11 is 5.86. The Bertz CT molecular complexity index is 650. The highest BCUT2D eigenvalue weighted by Gasteiger charge is 2.33. The highest BCUT2D eigenvalue weighted by Crippen LogP contribution is 2.13. The van der Waals surface area contributed by atoms with Gasteiger partial charge in [0.15, 0.2) is 0 Å². The van der Waals surface area contributed by atoms with E-state index in [0.29, 0.717) is 17.1 Å². The number of amidine groups is 1. The van der Waals surface area contributed by atoms with Gasteiger partial charge in [0.05, 0.1) is 11.1 Å². The molecule has 3 nitrogen and oxygen atoms in total. The van der Waals surface area contributed by atoms with Crippen molar-refractivity contribution in [2.24, 2.45) is 0 Å². The van der Waals surface area contributed by atoms with Crippen molar-refractivity contribution in [1.82, 2.24) is 4.90 Å². The third-order valence-electron chi connectivity index (χ3n) is 3.28. The normalized spacial score (nSPS) is 14.2. The first-order chi connectivity index (χ1) is 9.75. The van der Waals surface area contributed by atoms with Gasteiger partial charge in [0.1, 0.15) is 13.1 Å². The molecule has 0 fully saturated rings. The molecule has 20 heavy (non-hydrogen) atoms. The number of carbonyl (C=O) groups excluding carboxylic acids is 1. The van der Waals surface area contributed by atoms with Crippen molar-refractivity contribution in [3.63, 3.8) is 0 Å². The zero-order chi connectivity index (χ0) is 13.9. The SMILES string of the molecule is O=C(c1ccc(Cl)cc1)N1CC[NH+]=C1c1ccccc1. The number of benzene rings is 2. The van der Waals surface area contributed by atoms with Crippen molar-refractivity contribution in [3.8, 4) is 0 Å². The Morgan fingerprint density at radius 1 is 1.05 bits per heavy atom. The van der Waals surface area contributed by atoms with Crippen LogP contribution in [0, 0.1) is 0 Å². The fourth-order valence-electron chi connectivity index (χ4n) is 2.30. The van der Waals surface area contributed by atoms with Gasteiger partial charge in [0.2, 0.25) is 0 Å². The van der Waals surface area contributed by atoms with Crippen LogP contribution >= 0.6 is 11.6 Å². The number of nitrogens with zero attached hydrogens (tertiary/aromatic N) is 1. The minimum atomic E-state index is -0.00878. The summed E-state index contributed by atoms with van der Waals surface area (Å²) in [6, 6.07) is 16.9. The molecular weight excluding hydrogens is 272 g/mol. The molecule has 3 rings (SSSR count). The standard InChI is InChI=1S/C16H13ClN2O/c17-14-8-6-13(7-9-14)16(20)19-11-10-18-15(19)12-4-2-1-3-5-12/h1-9H,10-11H2/p+1. The van der Waals surface area contributed by atoms with E-state index in [1.54, 1.807) is 29.2 Å². The molecule has 1 amide bonds. The van der Waals surface area contributed by atoms with Gasteiger partial charge >= 0.3 is 5.91 Å². The van der Waals surface area contributed by atoms with E-state index in [0.717, 1.165) is 17.9 Å². The van der Waals surface area contributed by atoms with Crippen LogP contribution in [0.25, 0.3) is 0 Å². The van der Waals surface area contributed by atoms with Gasteiger partial charge in [-0.2, -0.15) is 4.90 Å². The maximum absolute atomic E-state index is 12.6. The van der Waals surface area contributed by atoms with Crippen LogP contribution in [0.1, 0.15) is 15.9 Å². The molecule has 1 aliphatic heterocycles. The molecule has 1 heterocycles. The van der Waals surface area contributed by atoms with Crippen LogP contribution in [0.3, 0.4) is 0 Å². The topological polar surface area (TPSA) is 34.3 Å². The number of hydrogen-bond donors (Lipinski definition) is 1. The monoisotopic (exact) mass is 285 g/mol. The molecule has 4 heteroatoms. The first-order valence-corrected chi connectivity index (χ1v) is 6.87. The van der Waals surface area contributed by atoms with Crippen LogP contribution < -0.4 is 4.99 Å². The predicted octanol–water partition coefficient (Wildman–Crippen LogP) is 1.32. The maximum Gasteiger partial charge on any atom is 0.341 e. The molecule has 0 atom stereocenters. The lowest BCUT2D eigenvalue weighted by Gasteiger charge is -2.10. The average Bonchev–Trinajstić information content (AvgIpc) is 2.97. The zero-order valence-electron chi connectivity index (χ0n) is 10.8. The summed E-state index contributed by atoms with van der Waals surface area (Å²) in [5.74, 6) is 0.857. The number of carbonyl (C=O) groups is 1. The molecule has 2 aromatic carbocycles. The molecule has 0 aromatic heterocycles. The third kappa shape index (κ3) is 2.45. The van der Waals surface area contributed by atoms with E-state index in [1.165, 1.54) is 0 Å². The predicted molar refractivity (Wildman–Crippen MR) is 78.9 cm³/mol. The first kappa shape index (κ1) is 12.9. The Hall–Kier alpha value is -2.13. The van der Waals surface area contributed by atoms with E-state index in [1.807, 2.05) is 30.3 Å². The van der Waals surface area contributed by atoms with Crippen LogP contribution in [-0.4, -0.2) is 29.7 Å². The van der Waals surface area contributed by atoms with E-state index in [-0.39, 0.29) is 5.91 Å². The molecule has 0 saturated heterocycles. The van der Waals surface area contributed by atoms with Crippen molar-refractivity contribution in [2.45, 2.75) is 0 Å². The molecule has 0 bridgehead atoms. The number of rotatable bonds is 2. The van der Waals surface area contributed by atoms with Crippen molar-refractivity contribution in [1.29, 1.82) is 0 Å². The van der Waals surface area contributed by atoms with Gasteiger partial charge in [-0.25, -0.2) is 4.79 Å². The first-order valence-electron chi connectivity index (χ1n) is 6.49. The molecule has 0 unspecified atom stereocenters. The fraction of sp³-hybridized carbons (Fsp3) is 0.125. The number of hydrogen-bond acceptors (Lipinski definition) is 1. The lowest BCUT2D eigenvalue weighted by Crippen LogP contribution is -2.71. The highest BCUT2D eigenvalue weighted by molar-refractivity contribution is 6.30. The number of nitrogens with one attached hydrogen (secondary N) is 1. The number of amides is 1. The molecule has 0 aliphatic carbocycles. The Morgan fingerprint density at radius 2 is 1.75 bits per heavy atom. The summed E-state index contributed by atoms with van der Waals surface area (Å²) in [5.41, 5.74) is 1.67. The second-order valence-corrected chi connectivity index (χ2v) is 5.04. The van der Waals surface area contributed by atoms with Gasteiger partial charge in [-0.3, -0.25) is 4.99 Å². The van der Waals surface area contributed by atoms with Gasteiger partial charge in [-0.1, -0.05) is 29.8 Å². The summed E-state index contributed by atoms with van der Waals surface area (Å²) in [6.07, 6.45) is 0. The Labute approximate surface area is 122 Å². The van der Waals surface area contributed by atoms with E-state index in [9.17, 15) is 4.79 Å². The largest absolute Gasteiger partial charge is 0.341 e. The second kappa shape index (κ2) is 5.47. The smallest absolute Gasteiger partial charge is 0.270 e. The van der Waals surface area contributed by atoms with Crippen molar-refractivity contribution in [3.05, 3.63) is 70.7 Å². The highest BCUT2D eigenvalue weighted by atomic mass is 35.5. The van der Waals surface area contributed by atoms with Gasteiger partial charge in [0, 0.05) is 5.02 Å². The van der Waals surface area contributed by atoms with Gasteiger partial charge in [-0.05, 0) is 36.4 Å². The summed E-state index contributed by atoms with van der Waals surface area (Å²) in [6.45, 7) is 1.44. The van der Waals surface area contributed by atoms with E-state index < -0.39 is 0 Å². The van der Waals surface area contributed by atoms with E-state index >= 15 is 0 Å². The Kier molecular flexibility index (Phi) is 3.52. The molecule has 1 N–H and O–H groups in total. The zero-order valence-corrected chi connectivity index (χ0v) is 11.6. The quantitative estimate of drug-likeness (QED) is 0.887. The summed E-state index contributed by atoms with van der Waals surface area (Å²) in [4.78, 5) is 17.6. The van der Waals surface area contributed by atoms with Crippen LogP contribution in [0.5, 0.6) is 0 Å². The molecule has 0 spiro atoms. The summed E-state index contributed by atoms with van der Waals surface area (Å²) in [7, 11) is 0. The van der Waals surface area contributed by atoms with Crippen LogP contribution in [0.4, 0.5) is 0 Å². The Balaban J connectivity index is 1.89. The van der Waals surface area contributed by atoms with Gasteiger partial charge in [0.25, 0.3) is 5.84 Å². The van der Waals surface area contributed by atoms with Gasteiger partial charge < -0.3 is 0 Å². The van der Waals surface area contributed by atoms with Crippen molar-refractivity contribution >= 4 is 23.3 Å². The summed E-state index contributed by atoms with van der Waals surface area (Å²) < 4.78 is 0. The molecule has 0 saturated carbocycles. The van der Waals surface area contributed by atoms with E-state index in [4.69, 9.17) is 11.6 Å². The van der Waals surface area contributed by atoms with Crippen molar-refractivity contribution < 1.29 is 9.79 Å². The molecule has 100 valence electrons. The third-order valence-corrected chi connectivity index (χ3v) is 3.53. The second-order valence-electron chi connectivity index (χ2n) is 4.61. The minimum absolute atomic E-state index is 0.00878.